The number of carbonyl (C=O) groups excluding carboxylic acids is 1. The molecular weight excluding hydrogens is 464 g/mol. The van der Waals surface area contributed by atoms with Crippen molar-refractivity contribution in [1.29, 1.82) is 0 Å². The smallest absolute Gasteiger partial charge is 0.412 e. The number of anilines is 2. The zero-order chi connectivity index (χ0) is 23.3. The molecule has 1 aromatic carbocycles. The number of rotatable bonds is 4. The van der Waals surface area contributed by atoms with Gasteiger partial charge in [-0.1, -0.05) is 6.07 Å². The molecule has 3 aromatic heterocycles. The van der Waals surface area contributed by atoms with E-state index in [0.29, 0.717) is 20.5 Å². The molecule has 13 heteroatoms. The minimum atomic E-state index is -4.67. The Morgan fingerprint density at radius 3 is 2.88 bits per heavy atom. The Hall–Kier alpha value is -3.74. The standard InChI is InChI=1S/C20H14F4N6O2S/c1-32-17-10(21)3-2-4-11(17)28-15-14(9-5-6-25-12-7-27-33-18(9)12)29-30-13(20(22,23)24)8-26-19(31)16(15)30/h2-7,13,28H,8H2,1H3,(H,26,31)/t13-/m0/s1. The van der Waals surface area contributed by atoms with Crippen LogP contribution in [0.2, 0.25) is 0 Å². The number of fused-ring (bicyclic) bond motifs is 2. The Kier molecular flexibility index (Phi) is 4.92. The molecule has 0 fully saturated rings. The molecule has 33 heavy (non-hydrogen) atoms. The van der Waals surface area contributed by atoms with E-state index in [1.807, 2.05) is 0 Å². The monoisotopic (exact) mass is 478 g/mol. The molecule has 5 rings (SSSR count). The number of amides is 1. The Morgan fingerprint density at radius 1 is 1.30 bits per heavy atom. The lowest BCUT2D eigenvalue weighted by Gasteiger charge is -2.27. The largest absolute Gasteiger partial charge is 0.492 e. The molecule has 1 amide bonds. The van der Waals surface area contributed by atoms with E-state index in [9.17, 15) is 22.4 Å². The first-order valence-corrected chi connectivity index (χ1v) is 10.3. The van der Waals surface area contributed by atoms with E-state index in [1.54, 1.807) is 6.07 Å². The van der Waals surface area contributed by atoms with Gasteiger partial charge in [0.05, 0.1) is 29.4 Å². The van der Waals surface area contributed by atoms with Crippen LogP contribution >= 0.6 is 11.5 Å². The van der Waals surface area contributed by atoms with Crippen molar-refractivity contribution in [2.45, 2.75) is 12.2 Å². The molecule has 1 aliphatic heterocycles. The maximum Gasteiger partial charge on any atom is 0.412 e. The number of halogens is 4. The van der Waals surface area contributed by atoms with Gasteiger partial charge in [0.2, 0.25) is 0 Å². The molecule has 2 N–H and O–H groups in total. The average Bonchev–Trinajstić information content (AvgIpc) is 3.39. The van der Waals surface area contributed by atoms with Crippen molar-refractivity contribution in [3.63, 3.8) is 0 Å². The number of nitrogens with zero attached hydrogens (tertiary/aromatic N) is 4. The van der Waals surface area contributed by atoms with Crippen molar-refractivity contribution >= 4 is 39.0 Å². The lowest BCUT2D eigenvalue weighted by atomic mass is 10.1. The van der Waals surface area contributed by atoms with E-state index in [0.717, 1.165) is 11.5 Å². The van der Waals surface area contributed by atoms with E-state index >= 15 is 0 Å². The molecule has 4 aromatic rings. The second kappa shape index (κ2) is 7.69. The van der Waals surface area contributed by atoms with Gasteiger partial charge in [0.15, 0.2) is 23.3 Å². The van der Waals surface area contributed by atoms with Gasteiger partial charge in [0.25, 0.3) is 5.91 Å². The van der Waals surface area contributed by atoms with Gasteiger partial charge in [0.1, 0.15) is 11.2 Å². The molecule has 8 nitrogen and oxygen atoms in total. The van der Waals surface area contributed by atoms with Crippen LogP contribution in [0.1, 0.15) is 16.5 Å². The topological polar surface area (TPSA) is 94.0 Å². The van der Waals surface area contributed by atoms with Gasteiger partial charge in [-0.2, -0.15) is 22.6 Å². The van der Waals surface area contributed by atoms with Crippen LogP contribution < -0.4 is 15.4 Å². The van der Waals surface area contributed by atoms with Crippen LogP contribution in [-0.2, 0) is 0 Å². The quantitative estimate of drug-likeness (QED) is 0.425. The molecule has 0 spiro atoms. The van der Waals surface area contributed by atoms with Gasteiger partial charge >= 0.3 is 6.18 Å². The lowest BCUT2D eigenvalue weighted by Crippen LogP contribution is -2.45. The second-order valence-electron chi connectivity index (χ2n) is 7.13. The number of hydrogen-bond donors (Lipinski definition) is 2. The molecular formula is C20H14F4N6O2S. The number of pyridine rings is 1. The van der Waals surface area contributed by atoms with Crippen LogP contribution in [0.3, 0.4) is 0 Å². The fourth-order valence-electron chi connectivity index (χ4n) is 3.72. The number of para-hydroxylation sites is 1. The predicted molar refractivity (Wildman–Crippen MR) is 112 cm³/mol. The van der Waals surface area contributed by atoms with Crippen LogP contribution in [-0.4, -0.2) is 44.9 Å². The van der Waals surface area contributed by atoms with E-state index in [1.165, 1.54) is 37.7 Å². The summed E-state index contributed by atoms with van der Waals surface area (Å²) in [5.74, 6) is -1.59. The third-order valence-corrected chi connectivity index (χ3v) is 6.01. The summed E-state index contributed by atoms with van der Waals surface area (Å²) in [4.78, 5) is 16.9. The van der Waals surface area contributed by atoms with Gasteiger partial charge in [-0.15, -0.1) is 0 Å². The number of alkyl halides is 3. The highest BCUT2D eigenvalue weighted by Crippen LogP contribution is 2.43. The Morgan fingerprint density at radius 2 is 2.12 bits per heavy atom. The van der Waals surface area contributed by atoms with E-state index < -0.39 is 30.5 Å². The summed E-state index contributed by atoms with van der Waals surface area (Å²) in [5.41, 5.74) is 0.779. The summed E-state index contributed by atoms with van der Waals surface area (Å²) in [5, 5.41) is 9.37. The Labute approximate surface area is 187 Å². The highest BCUT2D eigenvalue weighted by Gasteiger charge is 2.47. The number of carbonyl (C=O) groups is 1. The third-order valence-electron chi connectivity index (χ3n) is 5.19. The van der Waals surface area contributed by atoms with Gasteiger partial charge in [0, 0.05) is 18.3 Å². The number of hydrogen-bond acceptors (Lipinski definition) is 7. The fourth-order valence-corrected chi connectivity index (χ4v) is 4.44. The minimum Gasteiger partial charge on any atom is -0.492 e. The van der Waals surface area contributed by atoms with Crippen molar-refractivity contribution in [2.24, 2.45) is 0 Å². The summed E-state index contributed by atoms with van der Waals surface area (Å²) in [7, 11) is 1.26. The lowest BCUT2D eigenvalue weighted by molar-refractivity contribution is -0.169. The minimum absolute atomic E-state index is 0.0220. The van der Waals surface area contributed by atoms with Crippen molar-refractivity contribution in [3.05, 3.63) is 48.2 Å². The van der Waals surface area contributed by atoms with Gasteiger partial charge in [-0.05, 0) is 29.7 Å². The van der Waals surface area contributed by atoms with Crippen molar-refractivity contribution < 1.29 is 27.1 Å². The molecule has 1 atom stereocenters. The molecule has 0 saturated heterocycles. The van der Waals surface area contributed by atoms with Crippen molar-refractivity contribution in [1.82, 2.24) is 24.5 Å². The zero-order valence-corrected chi connectivity index (χ0v) is 17.6. The first-order valence-electron chi connectivity index (χ1n) is 9.56. The SMILES string of the molecule is COc1c(F)cccc1Nc1c(-c2ccnc3cnsc23)nn2c1C(=O)NC[C@H]2C(F)(F)F. The molecule has 0 radical (unpaired) electrons. The molecule has 0 bridgehead atoms. The third kappa shape index (κ3) is 3.44. The maximum absolute atomic E-state index is 14.3. The number of methoxy groups -OCH3 is 1. The molecule has 1 aliphatic rings. The second-order valence-corrected chi connectivity index (χ2v) is 7.93. The summed E-state index contributed by atoms with van der Waals surface area (Å²) >= 11 is 1.09. The van der Waals surface area contributed by atoms with Crippen LogP contribution in [0.4, 0.5) is 28.9 Å². The zero-order valence-electron chi connectivity index (χ0n) is 16.8. The van der Waals surface area contributed by atoms with Gasteiger partial charge in [-0.3, -0.25) is 9.78 Å². The average molecular weight is 478 g/mol. The normalized spacial score (nSPS) is 15.9. The highest BCUT2D eigenvalue weighted by molar-refractivity contribution is 7.13. The van der Waals surface area contributed by atoms with Crippen molar-refractivity contribution in [3.8, 4) is 17.0 Å². The maximum atomic E-state index is 14.3. The fraction of sp³-hybridized carbons (Fsp3) is 0.200. The van der Waals surface area contributed by atoms with Crippen molar-refractivity contribution in [2.75, 3.05) is 19.0 Å². The molecule has 0 unspecified atom stereocenters. The van der Waals surface area contributed by atoms with Gasteiger partial charge < -0.3 is 15.4 Å². The van der Waals surface area contributed by atoms with E-state index in [-0.39, 0.29) is 28.5 Å². The summed E-state index contributed by atoms with van der Waals surface area (Å²) in [6.45, 7) is -0.661. The molecule has 4 heterocycles. The van der Waals surface area contributed by atoms with E-state index in [4.69, 9.17) is 4.74 Å². The van der Waals surface area contributed by atoms with Crippen LogP contribution in [0.15, 0.2) is 36.7 Å². The Balaban J connectivity index is 1.78. The first-order chi connectivity index (χ1) is 15.8. The first kappa shape index (κ1) is 21.1. The molecule has 0 saturated carbocycles. The van der Waals surface area contributed by atoms with Crippen LogP contribution in [0, 0.1) is 5.82 Å². The number of nitrogens with one attached hydrogen (secondary N) is 2. The van der Waals surface area contributed by atoms with Gasteiger partial charge in [-0.25, -0.2) is 9.07 Å². The van der Waals surface area contributed by atoms with Crippen LogP contribution in [0.25, 0.3) is 21.5 Å². The number of ether oxygens (including phenoxy) is 1. The predicted octanol–water partition coefficient (Wildman–Crippen LogP) is 4.29. The summed E-state index contributed by atoms with van der Waals surface area (Å²) < 4.78 is 66.0. The summed E-state index contributed by atoms with van der Waals surface area (Å²) in [6, 6.07) is 3.56. The summed E-state index contributed by atoms with van der Waals surface area (Å²) in [6.07, 6.45) is -1.68. The highest BCUT2D eigenvalue weighted by atomic mass is 32.1. The molecule has 0 aliphatic carbocycles. The van der Waals surface area contributed by atoms with Crippen LogP contribution in [0.5, 0.6) is 5.75 Å². The van der Waals surface area contributed by atoms with E-state index in [2.05, 4.69) is 25.1 Å². The molecule has 170 valence electrons. The Bertz CT molecular complexity index is 1380. The number of benzene rings is 1. The number of aromatic nitrogens is 4.